The highest BCUT2D eigenvalue weighted by Gasteiger charge is 2.38. The fraction of sp³-hybridized carbons (Fsp3) is 0.374. The zero-order valence-electron chi connectivity index (χ0n) is 81.7. The predicted octanol–water partition coefficient (Wildman–Crippen LogP) is 15.8. The number of allylic oxidation sites excluding steroid dienone is 5. The van der Waals surface area contributed by atoms with Gasteiger partial charge in [-0.1, -0.05) is 93.6 Å². The van der Waals surface area contributed by atoms with Gasteiger partial charge in [0.25, 0.3) is 35.5 Å². The number of amides is 5. The molecule has 8 saturated heterocycles. The van der Waals surface area contributed by atoms with Crippen LogP contribution in [-0.2, 0) is 28.7 Å². The molecule has 36 nitrogen and oxygen atoms in total. The number of fused-ring (bicyclic) bond motifs is 5. The van der Waals surface area contributed by atoms with E-state index in [1.165, 1.54) is 49.7 Å². The minimum atomic E-state index is -2.61. The van der Waals surface area contributed by atoms with E-state index in [1.807, 2.05) is 114 Å². The molecule has 12 aromatic rings. The van der Waals surface area contributed by atoms with Crippen molar-refractivity contribution < 1.29 is 41.9 Å². The number of halogens is 3. The third-order valence-corrected chi connectivity index (χ3v) is 27.5. The van der Waals surface area contributed by atoms with Gasteiger partial charge in [-0.25, -0.2) is 38.1 Å². The first-order valence-electron chi connectivity index (χ1n) is 50.4. The van der Waals surface area contributed by atoms with Crippen molar-refractivity contribution in [3.63, 3.8) is 0 Å². The smallest absolute Gasteiger partial charge is 0.251 e. The highest BCUT2D eigenvalue weighted by molar-refractivity contribution is 6.06. The zero-order valence-corrected chi connectivity index (χ0v) is 81.7. The number of carbonyl (C=O) groups is 5. The van der Waals surface area contributed by atoms with Gasteiger partial charge in [0.05, 0.1) is 37.5 Å². The van der Waals surface area contributed by atoms with Crippen LogP contribution in [0.15, 0.2) is 211 Å². The van der Waals surface area contributed by atoms with Gasteiger partial charge in [-0.3, -0.25) is 24.0 Å². The fourth-order valence-corrected chi connectivity index (χ4v) is 18.6. The largest absolute Gasteiger partial charge is 0.381 e. The predicted molar refractivity (Wildman–Crippen MR) is 559 cm³/mol. The van der Waals surface area contributed by atoms with Crippen LogP contribution in [0.1, 0.15) is 193 Å². The molecule has 39 heteroatoms. The summed E-state index contributed by atoms with van der Waals surface area (Å²) < 4.78 is 55.4. The lowest BCUT2D eigenvalue weighted by Crippen LogP contribution is -2.39. The molecule has 13 fully saturated rings. The third kappa shape index (κ3) is 23.1. The molecule has 0 radical (unpaired) electrons. The van der Waals surface area contributed by atoms with Crippen molar-refractivity contribution in [2.75, 3.05) is 105 Å². The maximum absolute atomic E-state index is 13.7. The molecule has 146 heavy (non-hydrogen) atoms. The van der Waals surface area contributed by atoms with Gasteiger partial charge in [-0.15, -0.1) is 0 Å². The summed E-state index contributed by atoms with van der Waals surface area (Å²) in [6.45, 7) is 28.2. The summed E-state index contributed by atoms with van der Waals surface area (Å²) in [5.74, 6) is 6.24. The van der Waals surface area contributed by atoms with Crippen LogP contribution >= 0.6 is 0 Å². The average molecular weight is 1980 g/mol. The van der Waals surface area contributed by atoms with Crippen LogP contribution in [0.25, 0.3) is 58.6 Å². The summed E-state index contributed by atoms with van der Waals surface area (Å²) >= 11 is 0. The maximum Gasteiger partial charge on any atom is 0.251 e. The number of nitrogens with one attached hydrogen (secondary N) is 13. The number of aromatic nitrogens is 15. The van der Waals surface area contributed by atoms with E-state index >= 15 is 0 Å². The summed E-state index contributed by atoms with van der Waals surface area (Å²) in [7, 11) is 0. The Balaban J connectivity index is 0.000000107. The van der Waals surface area contributed by atoms with E-state index in [2.05, 4.69) is 166 Å². The van der Waals surface area contributed by atoms with E-state index in [-0.39, 0.29) is 67.6 Å². The molecule has 0 bridgehead atoms. The van der Waals surface area contributed by atoms with Gasteiger partial charge >= 0.3 is 0 Å². The number of rotatable bonds is 27. The van der Waals surface area contributed by atoms with Gasteiger partial charge in [-0.05, 0) is 151 Å². The lowest BCUT2D eigenvalue weighted by molar-refractivity contribution is -0.116. The van der Waals surface area contributed by atoms with Crippen molar-refractivity contribution >= 4 is 146 Å². The normalized spacial score (nSPS) is 21.1. The number of alkyl halides is 3. The van der Waals surface area contributed by atoms with Crippen molar-refractivity contribution in [2.45, 2.75) is 191 Å². The van der Waals surface area contributed by atoms with Crippen molar-refractivity contribution in [2.24, 2.45) is 11.8 Å². The Morgan fingerprint density at radius 2 is 0.705 bits per heavy atom. The molecule has 18 heterocycles. The Morgan fingerprint density at radius 1 is 0.390 bits per heavy atom. The first-order chi connectivity index (χ1) is 70.7. The minimum Gasteiger partial charge on any atom is -0.381 e. The van der Waals surface area contributed by atoms with E-state index in [0.717, 1.165) is 151 Å². The number of carbonyl (C=O) groups excluding carboxylic acids is 5. The average Bonchev–Trinajstić information content (AvgIpc) is 1.64. The van der Waals surface area contributed by atoms with Crippen LogP contribution in [0.5, 0.6) is 0 Å². The van der Waals surface area contributed by atoms with Crippen LogP contribution in [0, 0.1) is 11.8 Å². The number of anilines is 10. The molecule has 5 amide bonds. The molecule has 754 valence electrons. The summed E-state index contributed by atoms with van der Waals surface area (Å²) in [5.41, 5.74) is 16.5. The first-order valence-corrected chi connectivity index (χ1v) is 50.4. The molecule has 1 unspecified atom stereocenters. The van der Waals surface area contributed by atoms with Gasteiger partial charge in [0.2, 0.25) is 0 Å². The highest BCUT2D eigenvalue weighted by Crippen LogP contribution is 2.40. The SMILES string of the molecule is C=C1C/C(=C\c2cnn3c(NC4CC4)cc(NC(C)c4ccccc4)nc23)C(=O)N1.C=C1C/C(=C\c2cnn3c(NC4CC4)cc(NC4CCOCC4)nc23)C(=O)N1.C=C1C/C(=C\c2cnn3c(NC4CC4)cc(N[C@@H](C)c4ccccc4)nc23)C(=O)N1.C=C1C/C(=C\c2cnn3c(NCC4CC4)cc(N4CCC(F)(F)CC4)nc23)C(=O)N1.C=C1C/C(=C\c2cnn3c(NCC4CC4)cc(N4CC[C@@H](F)C4)nc23)C(=O)N1. The van der Waals surface area contributed by atoms with Crippen LogP contribution in [0.4, 0.5) is 71.3 Å². The van der Waals surface area contributed by atoms with Gasteiger partial charge in [0.15, 0.2) is 28.2 Å². The first kappa shape index (κ1) is 96.2. The van der Waals surface area contributed by atoms with Gasteiger partial charge in [0, 0.05) is 242 Å². The number of piperidine rings is 1. The van der Waals surface area contributed by atoms with Crippen molar-refractivity contribution in [1.82, 2.24) is 99.6 Å². The standard InChI is InChI=1S/2C23H24N6O.C21H24F2N6O.C20H23FN6O.C20H24N6O2/c2*1-14-10-17(23(30)25-14)11-18-13-24-29-21(27-19-8-9-19)12-20(28-22(18)29)26-15(2)16-6-4-3-5-7-16;1-13-8-15(20(30)26-13)9-16-12-25-29-17(24-11-14-2-3-14)10-18(27-19(16)29)28-6-4-21(22,23)5-7-28;1-12-6-14(20(28)24-12)7-15-10-23-27-17(22-9-13-2-3-13)8-18(25-19(15)27)26-5-4-16(21)11-26;1-12-8-13(20(27)22-12)9-14-11-21-26-18(24-15-2-3-15)10-17(25-19(14)26)23-16-4-6-28-7-5-16/h2*3-7,11-13,15,19,27H,1,8-10H2,2H3,(H,25,30)(H,26,28);9-10,12,14,24H,1-8,11H2,(H,26,30);7-8,10,13,16,22H,1-6,9,11H2,(H,24,28);9-11,15-16,24H,1-8H2,(H,22,27)(H,23,25)/b2*17-11+;15-9+;14-7+;13-9+/t15-;;;16-;/m0..1./s1. The molecule has 0 spiro atoms. The number of benzene rings is 2. The van der Waals surface area contributed by atoms with Gasteiger partial charge < -0.3 is 83.7 Å². The fourth-order valence-electron chi connectivity index (χ4n) is 18.6. The molecule has 5 saturated carbocycles. The molecule has 3 atom stereocenters. The maximum atomic E-state index is 13.7. The Morgan fingerprint density at radius 3 is 1.02 bits per heavy atom. The monoisotopic (exact) mass is 1980 g/mol. The van der Waals surface area contributed by atoms with E-state index < -0.39 is 12.1 Å². The quantitative estimate of drug-likeness (QED) is 0.0213. The molecule has 25 rings (SSSR count). The summed E-state index contributed by atoms with van der Waals surface area (Å²) in [6, 6.07) is 32.4. The molecule has 13 N–H and O–H groups in total. The molecule has 8 aliphatic heterocycles. The molecular formula is C107H119F3N30O6. The molecule has 10 aromatic heterocycles. The van der Waals surface area contributed by atoms with E-state index in [1.54, 1.807) is 46.1 Å². The number of nitrogens with zero attached hydrogens (tertiary/aromatic N) is 17. The minimum absolute atomic E-state index is 0.0998. The highest BCUT2D eigenvalue weighted by atomic mass is 19.3. The number of hydrogen-bond donors (Lipinski definition) is 13. The number of hydrogen-bond acceptors (Lipinski definition) is 26. The summed E-state index contributed by atoms with van der Waals surface area (Å²) in [5, 5.41) is 64.3. The second kappa shape index (κ2) is 41.4. The van der Waals surface area contributed by atoms with Gasteiger partial charge in [0.1, 0.15) is 64.4 Å². The van der Waals surface area contributed by atoms with E-state index in [4.69, 9.17) is 29.7 Å². The third-order valence-electron chi connectivity index (χ3n) is 27.5. The number of ether oxygens (including phenoxy) is 1. The Labute approximate surface area is 840 Å². The molecule has 2 aromatic carbocycles. The second-order valence-electron chi connectivity index (χ2n) is 39.9. The van der Waals surface area contributed by atoms with E-state index in [0.29, 0.717) is 172 Å². The molecular weight excluding hydrogens is 1860 g/mol. The van der Waals surface area contributed by atoms with Crippen LogP contribution in [0.2, 0.25) is 0 Å². The Hall–Kier alpha value is -16.0. The second-order valence-corrected chi connectivity index (χ2v) is 39.9. The van der Waals surface area contributed by atoms with Crippen LogP contribution in [-0.4, -0.2) is 191 Å². The van der Waals surface area contributed by atoms with Crippen molar-refractivity contribution in [1.29, 1.82) is 0 Å². The van der Waals surface area contributed by atoms with Crippen LogP contribution < -0.4 is 78.9 Å². The lowest BCUT2D eigenvalue weighted by atomic mass is 10.1. The summed E-state index contributed by atoms with van der Waals surface area (Å²) in [4.78, 5) is 88.3. The Kier molecular flexibility index (Phi) is 27.3. The van der Waals surface area contributed by atoms with E-state index in [9.17, 15) is 37.1 Å². The molecule has 13 aliphatic rings. The zero-order chi connectivity index (χ0) is 101. The topological polar surface area (TPSA) is 408 Å². The Bertz CT molecular complexity index is 7130. The van der Waals surface area contributed by atoms with Crippen LogP contribution in [0.3, 0.4) is 0 Å². The lowest BCUT2D eigenvalue weighted by Gasteiger charge is -2.32. The summed E-state index contributed by atoms with van der Waals surface area (Å²) in [6.07, 6.45) is 33.6. The van der Waals surface area contributed by atoms with Crippen molar-refractivity contribution in [3.8, 4) is 0 Å². The van der Waals surface area contributed by atoms with Crippen molar-refractivity contribution in [3.05, 3.63) is 250 Å². The van der Waals surface area contributed by atoms with Gasteiger partial charge in [-0.2, -0.15) is 48.1 Å². The molecule has 5 aliphatic carbocycles.